The largest absolute Gasteiger partial charge is 0.501 e. The van der Waals surface area contributed by atoms with E-state index >= 15 is 0 Å². The Labute approximate surface area is 137 Å². The molecule has 0 fully saturated rings. The highest BCUT2D eigenvalue weighted by molar-refractivity contribution is 5.73. The maximum Gasteiger partial charge on any atom is 0.216 e. The first-order chi connectivity index (χ1) is 11.1. The molecule has 23 heavy (non-hydrogen) atoms. The third kappa shape index (κ3) is 2.98. The zero-order valence-electron chi connectivity index (χ0n) is 13.9. The summed E-state index contributed by atoms with van der Waals surface area (Å²) in [5.74, 6) is 2.27. The molecule has 0 bridgehead atoms. The fraction of sp³-hybridized carbons (Fsp3) is 0.421. The summed E-state index contributed by atoms with van der Waals surface area (Å²) in [4.78, 5) is 11.3. The summed E-state index contributed by atoms with van der Waals surface area (Å²) in [6, 6.07) is 0. The van der Waals surface area contributed by atoms with Crippen molar-refractivity contribution in [3.63, 3.8) is 0 Å². The predicted molar refractivity (Wildman–Crippen MR) is 89.4 cm³/mol. The minimum absolute atomic E-state index is 0.0196. The van der Waals surface area contributed by atoms with E-state index in [1.165, 1.54) is 22.3 Å². The zero-order chi connectivity index (χ0) is 16.4. The molecule has 0 saturated heterocycles. The van der Waals surface area contributed by atoms with Gasteiger partial charge in [0.1, 0.15) is 11.5 Å². The van der Waals surface area contributed by atoms with Crippen molar-refractivity contribution in [2.24, 2.45) is 5.92 Å². The monoisotopic (exact) mass is 313 g/mol. The molecule has 4 heteroatoms. The highest BCUT2D eigenvalue weighted by Gasteiger charge is 2.33. The highest BCUT2D eigenvalue weighted by atomic mass is 16.5. The third-order valence-corrected chi connectivity index (χ3v) is 4.73. The first kappa shape index (κ1) is 15.7. The lowest BCUT2D eigenvalue weighted by Crippen LogP contribution is -2.31. The summed E-state index contributed by atoms with van der Waals surface area (Å²) in [6.45, 7) is 2.25. The van der Waals surface area contributed by atoms with Gasteiger partial charge in [0.25, 0.3) is 0 Å². The summed E-state index contributed by atoms with van der Waals surface area (Å²) in [7, 11) is 3.44. The SMILES string of the molecule is COC1=CC2=CC=CC(OC)=C3CCC(CNC(C)=O)C(=C23)C1. The van der Waals surface area contributed by atoms with E-state index in [0.29, 0.717) is 12.5 Å². The van der Waals surface area contributed by atoms with Crippen molar-refractivity contribution in [1.29, 1.82) is 0 Å². The Morgan fingerprint density at radius 3 is 2.87 bits per heavy atom. The summed E-state index contributed by atoms with van der Waals surface area (Å²) < 4.78 is 11.1. The number of ether oxygens (including phenoxy) is 2. The molecule has 0 saturated carbocycles. The topological polar surface area (TPSA) is 47.6 Å². The molecular formula is C19H23NO3. The quantitative estimate of drug-likeness (QED) is 0.867. The highest BCUT2D eigenvalue weighted by Crippen LogP contribution is 2.46. The standard InChI is InChI=1S/C19H23NO3/c1-12(21)20-11-14-7-8-16-18(23-3)6-4-5-13-9-15(22-2)10-17(14)19(13)16/h4-6,9,14H,7-8,10-11H2,1-3H3,(H,20,21). The molecule has 0 spiro atoms. The molecule has 122 valence electrons. The predicted octanol–water partition coefficient (Wildman–Crippen LogP) is 3.16. The maximum atomic E-state index is 11.3. The third-order valence-electron chi connectivity index (χ3n) is 4.73. The minimum atomic E-state index is 0.0196. The van der Waals surface area contributed by atoms with E-state index in [2.05, 4.69) is 17.5 Å². The van der Waals surface area contributed by atoms with Crippen LogP contribution in [0.5, 0.6) is 0 Å². The van der Waals surface area contributed by atoms with Crippen molar-refractivity contribution in [3.05, 3.63) is 58.1 Å². The molecule has 3 aliphatic rings. The first-order valence-electron chi connectivity index (χ1n) is 8.02. The summed E-state index contributed by atoms with van der Waals surface area (Å²) in [5, 5.41) is 2.97. The second kappa shape index (κ2) is 6.49. The number of amides is 1. The molecule has 0 heterocycles. The lowest BCUT2D eigenvalue weighted by atomic mass is 9.73. The molecule has 1 amide bonds. The van der Waals surface area contributed by atoms with E-state index in [1.54, 1.807) is 21.1 Å². The van der Waals surface area contributed by atoms with Gasteiger partial charge in [0.2, 0.25) is 5.91 Å². The molecule has 3 rings (SSSR count). The minimum Gasteiger partial charge on any atom is -0.501 e. The molecule has 0 aromatic heterocycles. The Hall–Kier alpha value is -2.23. The number of rotatable bonds is 4. The molecule has 0 aromatic rings. The van der Waals surface area contributed by atoms with Gasteiger partial charge < -0.3 is 14.8 Å². The van der Waals surface area contributed by atoms with Gasteiger partial charge in [-0.05, 0) is 47.6 Å². The van der Waals surface area contributed by atoms with E-state index in [4.69, 9.17) is 9.47 Å². The van der Waals surface area contributed by atoms with Gasteiger partial charge in [-0.3, -0.25) is 4.79 Å². The van der Waals surface area contributed by atoms with Crippen LogP contribution < -0.4 is 5.32 Å². The van der Waals surface area contributed by atoms with Gasteiger partial charge in [-0.1, -0.05) is 12.2 Å². The maximum absolute atomic E-state index is 11.3. The molecule has 0 aliphatic heterocycles. The van der Waals surface area contributed by atoms with Crippen LogP contribution in [-0.4, -0.2) is 26.7 Å². The van der Waals surface area contributed by atoms with Gasteiger partial charge in [-0.15, -0.1) is 0 Å². The lowest BCUT2D eigenvalue weighted by Gasteiger charge is -2.34. The van der Waals surface area contributed by atoms with Crippen molar-refractivity contribution < 1.29 is 14.3 Å². The van der Waals surface area contributed by atoms with E-state index in [1.807, 2.05) is 12.2 Å². The van der Waals surface area contributed by atoms with E-state index in [0.717, 1.165) is 30.8 Å². The number of hydrogen-bond donors (Lipinski definition) is 1. The molecule has 0 radical (unpaired) electrons. The summed E-state index contributed by atoms with van der Waals surface area (Å²) in [6.07, 6.45) is 11.1. The van der Waals surface area contributed by atoms with Gasteiger partial charge in [0, 0.05) is 25.5 Å². The average molecular weight is 313 g/mol. The van der Waals surface area contributed by atoms with Crippen LogP contribution in [0, 0.1) is 5.92 Å². The number of nitrogens with one attached hydrogen (secondary N) is 1. The number of carbonyl (C=O) groups is 1. The Kier molecular flexibility index (Phi) is 4.42. The molecule has 4 nitrogen and oxygen atoms in total. The Morgan fingerprint density at radius 1 is 1.35 bits per heavy atom. The van der Waals surface area contributed by atoms with Crippen LogP contribution in [0.25, 0.3) is 0 Å². The van der Waals surface area contributed by atoms with Gasteiger partial charge in [0.15, 0.2) is 0 Å². The van der Waals surface area contributed by atoms with Crippen LogP contribution in [0.2, 0.25) is 0 Å². The second-order valence-corrected chi connectivity index (χ2v) is 6.09. The van der Waals surface area contributed by atoms with Gasteiger partial charge in [-0.25, -0.2) is 0 Å². The van der Waals surface area contributed by atoms with Crippen LogP contribution in [-0.2, 0) is 14.3 Å². The summed E-state index contributed by atoms with van der Waals surface area (Å²) >= 11 is 0. The lowest BCUT2D eigenvalue weighted by molar-refractivity contribution is -0.119. The Morgan fingerprint density at radius 2 is 2.17 bits per heavy atom. The average Bonchev–Trinajstić information content (AvgIpc) is 2.73. The van der Waals surface area contributed by atoms with Crippen molar-refractivity contribution in [3.8, 4) is 0 Å². The van der Waals surface area contributed by atoms with Crippen molar-refractivity contribution in [2.75, 3.05) is 20.8 Å². The molecule has 3 aliphatic carbocycles. The van der Waals surface area contributed by atoms with Crippen LogP contribution in [0.3, 0.4) is 0 Å². The Bertz CT molecular complexity index is 677. The van der Waals surface area contributed by atoms with Gasteiger partial charge in [0.05, 0.1) is 14.2 Å². The Balaban J connectivity index is 2.06. The molecule has 1 unspecified atom stereocenters. The molecule has 0 aromatic carbocycles. The van der Waals surface area contributed by atoms with Crippen LogP contribution in [0.1, 0.15) is 26.2 Å². The number of hydrogen-bond acceptors (Lipinski definition) is 3. The van der Waals surface area contributed by atoms with Gasteiger partial charge >= 0.3 is 0 Å². The van der Waals surface area contributed by atoms with Crippen molar-refractivity contribution >= 4 is 5.91 Å². The van der Waals surface area contributed by atoms with Crippen molar-refractivity contribution in [2.45, 2.75) is 26.2 Å². The summed E-state index contributed by atoms with van der Waals surface area (Å²) in [5.41, 5.74) is 5.08. The zero-order valence-corrected chi connectivity index (χ0v) is 13.9. The normalized spacial score (nSPS) is 22.8. The van der Waals surface area contributed by atoms with Crippen LogP contribution in [0.4, 0.5) is 0 Å². The fourth-order valence-corrected chi connectivity index (χ4v) is 3.62. The van der Waals surface area contributed by atoms with E-state index in [-0.39, 0.29) is 5.91 Å². The van der Waals surface area contributed by atoms with E-state index in [9.17, 15) is 4.79 Å². The number of allylic oxidation sites excluding steroid dienone is 8. The molecule has 1 N–H and O–H groups in total. The molecule has 1 atom stereocenters. The van der Waals surface area contributed by atoms with Crippen LogP contribution >= 0.6 is 0 Å². The number of methoxy groups -OCH3 is 2. The first-order valence-corrected chi connectivity index (χ1v) is 8.02. The van der Waals surface area contributed by atoms with Crippen molar-refractivity contribution in [1.82, 2.24) is 5.32 Å². The second-order valence-electron chi connectivity index (χ2n) is 6.09. The number of carbonyl (C=O) groups excluding carboxylic acids is 1. The fourth-order valence-electron chi connectivity index (χ4n) is 3.62. The van der Waals surface area contributed by atoms with Crippen LogP contribution in [0.15, 0.2) is 58.1 Å². The van der Waals surface area contributed by atoms with E-state index < -0.39 is 0 Å². The smallest absolute Gasteiger partial charge is 0.216 e. The molecular weight excluding hydrogens is 290 g/mol. The van der Waals surface area contributed by atoms with Gasteiger partial charge in [-0.2, -0.15) is 0 Å².